The fourth-order valence-corrected chi connectivity index (χ4v) is 14.9. The zero-order valence-corrected chi connectivity index (χ0v) is 86.9. The summed E-state index contributed by atoms with van der Waals surface area (Å²) in [6, 6.07) is 61.8. The second kappa shape index (κ2) is 56.7. The largest absolute Gasteiger partial charge is 0.497 e. The van der Waals surface area contributed by atoms with Crippen LogP contribution in [0.3, 0.4) is 0 Å². The van der Waals surface area contributed by atoms with E-state index in [0.717, 1.165) is 135 Å². The van der Waals surface area contributed by atoms with Gasteiger partial charge in [0.1, 0.15) is 85.6 Å². The van der Waals surface area contributed by atoms with E-state index in [1.54, 1.807) is 67.8 Å². The van der Waals surface area contributed by atoms with Crippen LogP contribution in [-0.4, -0.2) is 124 Å². The zero-order chi connectivity index (χ0) is 110. The average molecular weight is 2070 g/mol. The van der Waals surface area contributed by atoms with Gasteiger partial charge in [-0.05, 0) is 281 Å². The molecule has 0 saturated heterocycles. The van der Waals surface area contributed by atoms with Gasteiger partial charge in [-0.3, -0.25) is 31.2 Å². The zero-order valence-electron chi connectivity index (χ0n) is 86.9. The molecule has 12 aromatic carbocycles. The number of anilines is 6. The fourth-order valence-electron chi connectivity index (χ4n) is 14.9. The molecule has 0 aliphatic heterocycles. The van der Waals surface area contributed by atoms with Gasteiger partial charge in [-0.25, -0.2) is 37.5 Å². The Kier molecular flexibility index (Phi) is 45.0. The van der Waals surface area contributed by atoms with Crippen LogP contribution in [0.15, 0.2) is 218 Å². The summed E-state index contributed by atoms with van der Waals surface area (Å²) >= 11 is 0. The Morgan fingerprint density at radius 2 is 0.557 bits per heavy atom. The van der Waals surface area contributed by atoms with Crippen molar-refractivity contribution >= 4 is 70.7 Å². The monoisotopic (exact) mass is 2070 g/mol. The first-order chi connectivity index (χ1) is 70.8. The average Bonchev–Trinajstić information content (AvgIpc) is 1.55. The summed E-state index contributed by atoms with van der Waals surface area (Å²) in [4.78, 5) is 69.5. The number of rotatable bonds is 30. The Hall–Kier alpha value is -15.9. The minimum Gasteiger partial charge on any atom is -0.497 e. The molecule has 0 heterocycles. The van der Waals surface area contributed by atoms with Gasteiger partial charge in [0.25, 0.3) is 6.43 Å². The molecule has 0 bridgehead atoms. The smallest absolute Gasteiger partial charge is 0.438 e. The van der Waals surface area contributed by atoms with Gasteiger partial charge in [0.2, 0.25) is 0 Å². The number of hydroxylamine groups is 6. The third-order valence-corrected chi connectivity index (χ3v) is 22.9. The fraction of sp³-hybridized carbons (Fsp3) is 0.304. The molecule has 1 saturated carbocycles. The van der Waals surface area contributed by atoms with Gasteiger partial charge < -0.3 is 66.3 Å². The van der Waals surface area contributed by atoms with Crippen molar-refractivity contribution in [1.29, 1.82) is 0 Å². The lowest BCUT2D eigenvalue weighted by molar-refractivity contribution is -0.137. The molecular weight excluding hydrogens is 1940 g/mol. The molecule has 0 unspecified atom stereocenters. The number of aryl methyl sites for hydroxylation is 13. The van der Waals surface area contributed by atoms with E-state index >= 15 is 0 Å². The number of nitrogens with zero attached hydrogens (tertiary/aromatic N) is 6. The third kappa shape index (κ3) is 34.6. The van der Waals surface area contributed by atoms with Crippen molar-refractivity contribution in [2.24, 2.45) is 0 Å². The summed E-state index contributed by atoms with van der Waals surface area (Å²) in [6.07, 6.45) is -9.63. The maximum atomic E-state index is 13.0. The first-order valence-electron chi connectivity index (χ1n) is 46.7. The standard InChI is InChI=1S/C20H23NO4.C19H23NO5.C19H23NO4.C18H18F3NO4.C18H19F2NO4.C18H21NO5/c1-13-4-9-19(14(2)10-13)25-12-17-11-16(15-5-6-15)7-8-18(17)21(23)20(22)24-3;1-5-24-16-7-8-17(20(22)19(21)23-4)15(11-16)12-25-18-9-6-13(2)10-14(18)3;1-5-15-7-8-17(20(22)19(21)23-4)16(11-15)12-24-18-9-6-13(2)10-14(18)3;1-11-4-7-16(12(2)8-11)26-10-13-9-14(18(19,20)21)5-6-15(13)22(24)17(23)25-3;1-11-4-7-16(12(2)8-11)25-10-14-9-13(17(19)20)5-6-15(14)21(23)18(22)24-3;1-12-5-8-17(13(2)9-12)24-11-14-10-15(22-3)6-7-16(14)19(21)18(20)23-4/h4,7-11,15,23H,5-6,12H2,1-3H3;6-11,22H,5,12H2,1-4H3;6-11,22H,5,12H2,1-4H3;4-9,24H,10H2,1-3H3;4-9,17,23H,10H2,1-3H3;5-10,21H,11H2,1-4H3. The van der Waals surface area contributed by atoms with E-state index in [9.17, 15) is 82.0 Å². The molecule has 1 aliphatic carbocycles. The van der Waals surface area contributed by atoms with Gasteiger partial charge in [0.15, 0.2) is 0 Å². The van der Waals surface area contributed by atoms with Crippen molar-refractivity contribution < 1.29 is 148 Å². The Morgan fingerprint density at radius 1 is 0.302 bits per heavy atom. The lowest BCUT2D eigenvalue weighted by Crippen LogP contribution is -2.28. The van der Waals surface area contributed by atoms with Gasteiger partial charge in [0.05, 0.1) is 96.1 Å². The summed E-state index contributed by atoms with van der Waals surface area (Å²) in [5, 5.41) is 62.3. The molecular formula is C112H127F5N6O26. The highest BCUT2D eigenvalue weighted by atomic mass is 19.4. The Bertz CT molecular complexity index is 6320. The Balaban J connectivity index is 0.000000218. The van der Waals surface area contributed by atoms with Crippen LogP contribution < -0.4 is 68.3 Å². The summed E-state index contributed by atoms with van der Waals surface area (Å²) < 4.78 is 138. The second-order valence-electron chi connectivity index (χ2n) is 34.3. The maximum absolute atomic E-state index is 13.0. The molecule has 149 heavy (non-hydrogen) atoms. The van der Waals surface area contributed by atoms with E-state index in [0.29, 0.717) is 83.8 Å². The highest BCUT2D eigenvalue weighted by Gasteiger charge is 2.34. The normalized spacial score (nSPS) is 11.0. The minimum absolute atomic E-state index is 0.0148. The second-order valence-corrected chi connectivity index (χ2v) is 34.3. The van der Waals surface area contributed by atoms with Gasteiger partial charge in [-0.2, -0.15) is 43.6 Å². The van der Waals surface area contributed by atoms with Crippen LogP contribution in [0.2, 0.25) is 0 Å². The molecule has 0 aromatic heterocycles. The minimum atomic E-state index is -4.57. The summed E-state index contributed by atoms with van der Waals surface area (Å²) in [7, 11) is 8.54. The van der Waals surface area contributed by atoms with Crippen molar-refractivity contribution in [2.75, 3.05) is 86.8 Å². The van der Waals surface area contributed by atoms with Crippen molar-refractivity contribution in [3.63, 3.8) is 0 Å². The number of hydrogen-bond acceptors (Lipinski definition) is 26. The van der Waals surface area contributed by atoms with Crippen LogP contribution in [0.25, 0.3) is 0 Å². The number of halogens is 5. The number of carbonyl (C=O) groups excluding carboxylic acids is 6. The molecule has 13 rings (SSSR count). The summed E-state index contributed by atoms with van der Waals surface area (Å²) in [5.74, 6) is 5.90. The summed E-state index contributed by atoms with van der Waals surface area (Å²) in [6.45, 7) is 28.4. The molecule has 0 spiro atoms. The van der Waals surface area contributed by atoms with Gasteiger partial charge in [-0.15, -0.1) is 0 Å². The molecule has 6 N–H and O–H groups in total. The number of hydrogen-bond donors (Lipinski definition) is 6. The number of methoxy groups -OCH3 is 7. The molecule has 12 aromatic rings. The number of carbonyl (C=O) groups is 6. The van der Waals surface area contributed by atoms with Crippen LogP contribution in [0, 0.1) is 83.1 Å². The maximum Gasteiger partial charge on any atom is 0.438 e. The molecule has 1 fully saturated rings. The van der Waals surface area contributed by atoms with Gasteiger partial charge >= 0.3 is 42.7 Å². The van der Waals surface area contributed by atoms with Crippen LogP contribution >= 0.6 is 0 Å². The molecule has 37 heteroatoms. The lowest BCUT2D eigenvalue weighted by atomic mass is 10.1. The van der Waals surface area contributed by atoms with Crippen molar-refractivity contribution in [3.05, 3.63) is 341 Å². The van der Waals surface area contributed by atoms with E-state index in [4.69, 9.17) is 37.9 Å². The Morgan fingerprint density at radius 3 is 0.826 bits per heavy atom. The highest BCUT2D eigenvalue weighted by Crippen LogP contribution is 2.43. The molecule has 796 valence electrons. The molecule has 6 amide bonds. The van der Waals surface area contributed by atoms with Crippen LogP contribution in [0.5, 0.6) is 46.0 Å². The van der Waals surface area contributed by atoms with Crippen LogP contribution in [-0.2, 0) is 80.7 Å². The SMILES string of the molecule is CCOc1ccc(N(O)C(=O)OC)c(COc2ccc(C)cc2C)c1.CCc1ccc(N(O)C(=O)OC)c(COc2ccc(C)cc2C)c1.COC(=O)N(O)c1ccc(C(F)(F)F)cc1COc1ccc(C)cc1C.COC(=O)N(O)c1ccc(C(F)F)cc1COc1ccc(C)cc1C.COC(=O)N(O)c1ccc(C2CC2)cc1COc1ccc(C)cc1C.COC(=O)N(O)c1ccc(OC)cc1COc1ccc(C)cc1C. The number of alkyl halides is 5. The molecule has 0 atom stereocenters. The predicted molar refractivity (Wildman–Crippen MR) is 549 cm³/mol. The first-order valence-corrected chi connectivity index (χ1v) is 46.7. The number of ether oxygens (including phenoxy) is 14. The highest BCUT2D eigenvalue weighted by molar-refractivity contribution is 5.90. The van der Waals surface area contributed by atoms with E-state index in [-0.39, 0.29) is 89.2 Å². The van der Waals surface area contributed by atoms with Gasteiger partial charge in [-0.1, -0.05) is 137 Å². The van der Waals surface area contributed by atoms with E-state index in [1.807, 2.05) is 212 Å². The van der Waals surface area contributed by atoms with Crippen LogP contribution in [0.4, 0.5) is 84.8 Å². The van der Waals surface area contributed by atoms with Gasteiger partial charge in [0, 0.05) is 38.9 Å². The van der Waals surface area contributed by atoms with E-state index < -0.39 is 54.7 Å². The Labute approximate surface area is 862 Å². The topological polar surface area (TPSA) is 372 Å². The lowest BCUT2D eigenvalue weighted by Gasteiger charge is -2.19. The number of amides is 6. The first kappa shape index (κ1) is 118. The van der Waals surface area contributed by atoms with Crippen LogP contribution in [0.1, 0.15) is 161 Å². The van der Waals surface area contributed by atoms with Crippen molar-refractivity contribution in [1.82, 2.24) is 0 Å². The van der Waals surface area contributed by atoms with E-state index in [1.165, 1.54) is 70.1 Å². The number of benzene rings is 12. The van der Waals surface area contributed by atoms with Crippen molar-refractivity contribution in [2.45, 2.75) is 174 Å². The van der Waals surface area contributed by atoms with E-state index in [2.05, 4.69) is 34.5 Å². The summed E-state index contributed by atoms with van der Waals surface area (Å²) in [5.41, 5.74) is 17.7. The molecule has 0 radical (unpaired) electrons. The molecule has 1 aliphatic rings. The quantitative estimate of drug-likeness (QED) is 0.0105. The third-order valence-electron chi connectivity index (χ3n) is 22.9. The predicted octanol–water partition coefficient (Wildman–Crippen LogP) is 26.9. The van der Waals surface area contributed by atoms with Crippen molar-refractivity contribution in [3.8, 4) is 46.0 Å². The molecule has 32 nitrogen and oxygen atoms in total.